The number of aryl methyl sites for hydroxylation is 1. The van der Waals surface area contributed by atoms with Crippen LogP contribution in [0, 0.1) is 12.8 Å². The predicted octanol–water partition coefficient (Wildman–Crippen LogP) is 5.03. The van der Waals surface area contributed by atoms with Crippen LogP contribution in [0.25, 0.3) is 0 Å². The number of rotatable bonds is 11. The van der Waals surface area contributed by atoms with Crippen molar-refractivity contribution in [3.8, 4) is 0 Å². The van der Waals surface area contributed by atoms with Crippen LogP contribution in [-0.4, -0.2) is 44.3 Å². The zero-order chi connectivity index (χ0) is 27.9. The number of amides is 2. The smallest absolute Gasteiger partial charge is 0.264 e. The molecule has 1 N–H and O–H groups in total. The Morgan fingerprint density at radius 2 is 1.58 bits per heavy atom. The van der Waals surface area contributed by atoms with Crippen molar-refractivity contribution in [2.24, 2.45) is 5.92 Å². The van der Waals surface area contributed by atoms with Gasteiger partial charge in [-0.1, -0.05) is 67.9 Å². The van der Waals surface area contributed by atoms with E-state index in [1.165, 1.54) is 17.0 Å². The van der Waals surface area contributed by atoms with Crippen LogP contribution in [-0.2, 0) is 26.2 Å². The van der Waals surface area contributed by atoms with E-state index < -0.39 is 28.5 Å². The summed E-state index contributed by atoms with van der Waals surface area (Å²) in [6.45, 7) is 7.56. The summed E-state index contributed by atoms with van der Waals surface area (Å²) in [5.74, 6) is -0.582. The van der Waals surface area contributed by atoms with Crippen LogP contribution in [0.4, 0.5) is 5.69 Å². The van der Waals surface area contributed by atoms with E-state index in [0.717, 1.165) is 15.4 Å². The summed E-state index contributed by atoms with van der Waals surface area (Å²) in [5.41, 5.74) is 1.98. The topological polar surface area (TPSA) is 86.8 Å². The maximum atomic E-state index is 13.9. The van der Waals surface area contributed by atoms with Crippen LogP contribution in [0.15, 0.2) is 83.8 Å². The van der Waals surface area contributed by atoms with Crippen LogP contribution in [0.5, 0.6) is 0 Å². The number of nitrogens with one attached hydrogen (secondary N) is 1. The number of halogens is 1. The van der Waals surface area contributed by atoms with Crippen LogP contribution in [0.1, 0.15) is 31.9 Å². The Morgan fingerprint density at radius 3 is 2.18 bits per heavy atom. The van der Waals surface area contributed by atoms with Gasteiger partial charge in [-0.3, -0.25) is 13.9 Å². The van der Waals surface area contributed by atoms with Gasteiger partial charge in [0.25, 0.3) is 10.0 Å². The molecule has 38 heavy (non-hydrogen) atoms. The first-order chi connectivity index (χ1) is 18.0. The zero-order valence-corrected chi connectivity index (χ0v) is 23.7. The molecule has 0 heterocycles. The van der Waals surface area contributed by atoms with Crippen LogP contribution >= 0.6 is 11.6 Å². The lowest BCUT2D eigenvalue weighted by Gasteiger charge is -2.32. The van der Waals surface area contributed by atoms with E-state index in [1.807, 2.05) is 26.8 Å². The molecule has 7 nitrogen and oxygen atoms in total. The van der Waals surface area contributed by atoms with Gasteiger partial charge in [0.05, 0.1) is 10.6 Å². The first-order valence-corrected chi connectivity index (χ1v) is 14.3. The fourth-order valence-electron chi connectivity index (χ4n) is 3.85. The lowest BCUT2D eigenvalue weighted by atomic mass is 10.1. The Balaban J connectivity index is 1.99. The monoisotopic (exact) mass is 555 g/mol. The Kier molecular flexibility index (Phi) is 9.94. The maximum absolute atomic E-state index is 13.9. The van der Waals surface area contributed by atoms with Crippen molar-refractivity contribution in [1.82, 2.24) is 10.2 Å². The molecule has 3 rings (SSSR count). The van der Waals surface area contributed by atoms with Gasteiger partial charge >= 0.3 is 0 Å². The van der Waals surface area contributed by atoms with E-state index in [0.29, 0.717) is 17.3 Å². The molecule has 0 bridgehead atoms. The number of nitrogens with zero attached hydrogens (tertiary/aromatic N) is 2. The summed E-state index contributed by atoms with van der Waals surface area (Å²) in [4.78, 5) is 28.3. The van der Waals surface area contributed by atoms with Crippen molar-refractivity contribution in [3.05, 3.63) is 95.0 Å². The van der Waals surface area contributed by atoms with Crippen molar-refractivity contribution >= 4 is 39.1 Å². The number of benzene rings is 3. The van der Waals surface area contributed by atoms with Gasteiger partial charge in [-0.15, -0.1) is 0 Å². The highest BCUT2D eigenvalue weighted by atomic mass is 35.5. The third-order valence-electron chi connectivity index (χ3n) is 6.02. The fraction of sp³-hybridized carbons (Fsp3) is 0.310. The molecule has 2 amide bonds. The molecular formula is C29H34ClN3O4S. The van der Waals surface area contributed by atoms with Crippen LogP contribution < -0.4 is 9.62 Å². The van der Waals surface area contributed by atoms with E-state index in [1.54, 1.807) is 67.6 Å². The highest BCUT2D eigenvalue weighted by Gasteiger charge is 2.32. The number of hydrogen-bond donors (Lipinski definition) is 1. The first-order valence-electron chi connectivity index (χ1n) is 12.4. The van der Waals surface area contributed by atoms with E-state index in [2.05, 4.69) is 5.32 Å². The molecule has 1 unspecified atom stereocenters. The predicted molar refractivity (Wildman–Crippen MR) is 151 cm³/mol. The average Bonchev–Trinajstić information content (AvgIpc) is 2.89. The van der Waals surface area contributed by atoms with Crippen molar-refractivity contribution in [3.63, 3.8) is 0 Å². The first kappa shape index (κ1) is 29.2. The number of carbonyl (C=O) groups excluding carboxylic acids is 2. The summed E-state index contributed by atoms with van der Waals surface area (Å²) in [7, 11) is -4.08. The molecule has 3 aromatic rings. The second kappa shape index (κ2) is 12.9. The molecular weight excluding hydrogens is 522 g/mol. The quantitative estimate of drug-likeness (QED) is 0.359. The van der Waals surface area contributed by atoms with Gasteiger partial charge in [-0.25, -0.2) is 8.42 Å². The number of anilines is 1. The lowest BCUT2D eigenvalue weighted by molar-refractivity contribution is -0.139. The Hall–Kier alpha value is -3.36. The van der Waals surface area contributed by atoms with Gasteiger partial charge < -0.3 is 10.2 Å². The Bertz CT molecular complexity index is 1350. The molecule has 0 aliphatic carbocycles. The Morgan fingerprint density at radius 1 is 0.921 bits per heavy atom. The van der Waals surface area contributed by atoms with E-state index in [4.69, 9.17) is 11.6 Å². The zero-order valence-electron chi connectivity index (χ0n) is 22.1. The normalized spacial score (nSPS) is 12.2. The summed E-state index contributed by atoms with van der Waals surface area (Å²) in [6.07, 6.45) is 0. The molecule has 0 fully saturated rings. The van der Waals surface area contributed by atoms with Gasteiger partial charge in [0.2, 0.25) is 11.8 Å². The van der Waals surface area contributed by atoms with Gasteiger partial charge in [-0.2, -0.15) is 0 Å². The van der Waals surface area contributed by atoms with Gasteiger partial charge in [-0.05, 0) is 67.3 Å². The van der Waals surface area contributed by atoms with Crippen molar-refractivity contribution in [1.29, 1.82) is 0 Å². The standard InChI is InChI=1S/C29H34ClN3O4S/c1-21(2)18-31-29(35)23(4)32(19-24-13-15-25(30)16-14-24)28(34)20-33(26-10-8-9-22(3)17-26)38(36,37)27-11-6-5-7-12-27/h5-17,21,23H,18-20H2,1-4H3,(H,31,35). The lowest BCUT2D eigenvalue weighted by Crippen LogP contribution is -2.51. The van der Waals surface area contributed by atoms with E-state index in [-0.39, 0.29) is 23.3 Å². The van der Waals surface area contributed by atoms with Crippen molar-refractivity contribution < 1.29 is 18.0 Å². The van der Waals surface area contributed by atoms with Gasteiger partial charge in [0.1, 0.15) is 12.6 Å². The van der Waals surface area contributed by atoms with E-state index >= 15 is 0 Å². The maximum Gasteiger partial charge on any atom is 0.264 e. The molecule has 3 aromatic carbocycles. The fourth-order valence-corrected chi connectivity index (χ4v) is 5.41. The molecule has 1 atom stereocenters. The van der Waals surface area contributed by atoms with Crippen molar-refractivity contribution in [2.45, 2.75) is 45.2 Å². The summed E-state index contributed by atoms with van der Waals surface area (Å²) in [5, 5.41) is 3.42. The molecule has 0 spiro atoms. The highest BCUT2D eigenvalue weighted by molar-refractivity contribution is 7.92. The summed E-state index contributed by atoms with van der Waals surface area (Å²) in [6, 6.07) is 21.1. The van der Waals surface area contributed by atoms with E-state index in [9.17, 15) is 18.0 Å². The number of hydrogen-bond acceptors (Lipinski definition) is 4. The van der Waals surface area contributed by atoms with Crippen molar-refractivity contribution in [2.75, 3.05) is 17.4 Å². The molecule has 0 aromatic heterocycles. The minimum absolute atomic E-state index is 0.0706. The molecule has 0 radical (unpaired) electrons. The van der Waals surface area contributed by atoms with Gasteiger partial charge in [0.15, 0.2) is 0 Å². The molecule has 9 heteroatoms. The second-order valence-corrected chi connectivity index (χ2v) is 11.9. The minimum Gasteiger partial charge on any atom is -0.354 e. The largest absolute Gasteiger partial charge is 0.354 e. The SMILES string of the molecule is Cc1cccc(N(CC(=O)N(Cc2ccc(Cl)cc2)C(C)C(=O)NCC(C)C)S(=O)(=O)c2ccccc2)c1. The molecule has 0 aliphatic rings. The van der Waals surface area contributed by atoms with Crippen LogP contribution in [0.2, 0.25) is 5.02 Å². The minimum atomic E-state index is -4.08. The summed E-state index contributed by atoms with van der Waals surface area (Å²) >= 11 is 6.03. The molecule has 0 aliphatic heterocycles. The summed E-state index contributed by atoms with van der Waals surface area (Å²) < 4.78 is 28.6. The third-order valence-corrected chi connectivity index (χ3v) is 8.06. The number of carbonyl (C=O) groups is 2. The second-order valence-electron chi connectivity index (χ2n) is 9.63. The molecule has 0 saturated heterocycles. The Labute approximate surface area is 230 Å². The average molecular weight is 556 g/mol. The molecule has 0 saturated carbocycles. The highest BCUT2D eigenvalue weighted by Crippen LogP contribution is 2.25. The third kappa shape index (κ3) is 7.58. The van der Waals surface area contributed by atoms with Crippen LogP contribution in [0.3, 0.4) is 0 Å². The number of sulfonamides is 1. The van der Waals surface area contributed by atoms with Gasteiger partial charge in [0, 0.05) is 18.1 Å². The molecule has 202 valence electrons.